The van der Waals surface area contributed by atoms with Gasteiger partial charge in [0, 0.05) is 59.7 Å². The molecule has 0 radical (unpaired) electrons. The second kappa shape index (κ2) is 12.0. The number of rotatable bonds is 9. The zero-order valence-corrected chi connectivity index (χ0v) is 27.5. The number of H-pyrrole nitrogens is 1. The van der Waals surface area contributed by atoms with Crippen molar-refractivity contribution in [3.63, 3.8) is 0 Å². The Balaban J connectivity index is 1.32. The molecule has 0 amide bonds. The van der Waals surface area contributed by atoms with Gasteiger partial charge in [-0.1, -0.05) is 18.2 Å². The van der Waals surface area contributed by atoms with Gasteiger partial charge in [-0.2, -0.15) is 0 Å². The van der Waals surface area contributed by atoms with Gasteiger partial charge in [0.25, 0.3) is 5.56 Å². The Morgan fingerprint density at radius 1 is 1.00 bits per heavy atom. The fourth-order valence-corrected chi connectivity index (χ4v) is 6.88. The van der Waals surface area contributed by atoms with Gasteiger partial charge in [0.2, 0.25) is 0 Å². The monoisotopic (exact) mass is 633 g/mol. The van der Waals surface area contributed by atoms with Gasteiger partial charge in [-0.05, 0) is 64.1 Å². The fourth-order valence-electron chi connectivity index (χ4n) is 6.88. The number of para-hydroxylation sites is 1. The molecular weight excluding hydrogens is 592 g/mol. The van der Waals surface area contributed by atoms with Gasteiger partial charge >= 0.3 is 11.9 Å². The average molecular weight is 634 g/mol. The number of aromatic amines is 1. The molecule has 0 saturated heterocycles. The zero-order valence-electron chi connectivity index (χ0n) is 27.5. The summed E-state index contributed by atoms with van der Waals surface area (Å²) in [5, 5.41) is 12.7. The van der Waals surface area contributed by atoms with E-state index < -0.39 is 5.60 Å². The Bertz CT molecular complexity index is 2270. The fraction of sp³-hybridized carbons (Fsp3) is 0.378. The number of esters is 1. The molecule has 47 heavy (non-hydrogen) atoms. The first-order valence-corrected chi connectivity index (χ1v) is 16.6. The van der Waals surface area contributed by atoms with Crippen molar-refractivity contribution in [1.82, 2.24) is 24.1 Å². The van der Waals surface area contributed by atoms with Crippen molar-refractivity contribution in [1.29, 1.82) is 0 Å². The minimum absolute atomic E-state index is 0.0699. The molecule has 7 rings (SSSR count). The maximum absolute atomic E-state index is 13.0. The maximum atomic E-state index is 13.0. The summed E-state index contributed by atoms with van der Waals surface area (Å²) in [5.41, 5.74) is 5.69. The van der Waals surface area contributed by atoms with Gasteiger partial charge in [-0.3, -0.25) is 9.59 Å². The molecule has 4 heterocycles. The number of imidazole rings is 1. The molecule has 0 spiro atoms. The first-order chi connectivity index (χ1) is 22.6. The number of aliphatic hydroxyl groups excluding tert-OH is 1. The van der Waals surface area contributed by atoms with Crippen LogP contribution in [0.25, 0.3) is 55.3 Å². The number of nitrogens with one attached hydrogen (secondary N) is 1. The summed E-state index contributed by atoms with van der Waals surface area (Å²) in [4.78, 5) is 38.2. The number of aryl methyl sites for hydroxylation is 3. The molecule has 0 saturated carbocycles. The number of benzene rings is 3. The molecule has 0 unspecified atom stereocenters. The van der Waals surface area contributed by atoms with Crippen LogP contribution in [0.5, 0.6) is 0 Å². The Morgan fingerprint density at radius 2 is 1.81 bits per heavy atom. The first kappa shape index (κ1) is 30.7. The highest BCUT2D eigenvalue weighted by Crippen LogP contribution is 2.34. The number of nitrogens with zero attached hydrogens (tertiary/aromatic N) is 5. The topological polar surface area (TPSA) is 118 Å². The van der Waals surface area contributed by atoms with E-state index >= 15 is 0 Å². The molecule has 3 aromatic heterocycles. The molecule has 0 atom stereocenters. The summed E-state index contributed by atoms with van der Waals surface area (Å²) >= 11 is 0. The largest absolute Gasteiger partial charge is 0.464 e. The highest BCUT2D eigenvalue weighted by molar-refractivity contribution is 6.09. The third-order valence-electron chi connectivity index (χ3n) is 8.97. The minimum atomic E-state index is -0.592. The van der Waals surface area contributed by atoms with Crippen LogP contribution in [0.1, 0.15) is 59.1 Å². The Morgan fingerprint density at radius 3 is 2.57 bits per heavy atom. The molecule has 10 nitrogen and oxygen atoms in total. The van der Waals surface area contributed by atoms with E-state index in [1.807, 2.05) is 32.9 Å². The number of ether oxygens (including phenoxy) is 1. The number of aromatic nitrogens is 5. The summed E-state index contributed by atoms with van der Waals surface area (Å²) < 4.78 is 12.1. The number of carbonyl (C=O) groups is 1. The quantitative estimate of drug-likeness (QED) is 0.139. The SMILES string of the molecule is CCn1c2ccccc2c2cc(-c3nc4cc5[nH]c(=O)c(CCC(=O)OC(C)(C)C)nc5cc4n3CCC[N+]3=C(O)CCC3)ccc21. The van der Waals surface area contributed by atoms with Crippen LogP contribution in [0, 0.1) is 0 Å². The van der Waals surface area contributed by atoms with Crippen LogP contribution in [0.4, 0.5) is 0 Å². The van der Waals surface area contributed by atoms with Gasteiger partial charge < -0.3 is 24.0 Å². The highest BCUT2D eigenvalue weighted by atomic mass is 16.6. The maximum Gasteiger partial charge on any atom is 0.334 e. The van der Waals surface area contributed by atoms with Crippen LogP contribution in [-0.4, -0.2) is 64.3 Å². The lowest BCUT2D eigenvalue weighted by molar-refractivity contribution is -0.527. The molecule has 6 aromatic rings. The molecule has 10 heteroatoms. The predicted molar refractivity (Wildman–Crippen MR) is 185 cm³/mol. The van der Waals surface area contributed by atoms with Crippen LogP contribution in [0.15, 0.2) is 59.4 Å². The van der Waals surface area contributed by atoms with Gasteiger partial charge in [-0.25, -0.2) is 14.5 Å². The zero-order chi connectivity index (χ0) is 32.9. The molecule has 0 fully saturated rings. The van der Waals surface area contributed by atoms with Gasteiger partial charge in [0.15, 0.2) is 0 Å². The molecule has 2 N–H and O–H groups in total. The second-order valence-electron chi connectivity index (χ2n) is 13.4. The number of hydrogen-bond donors (Lipinski definition) is 2. The van der Waals surface area contributed by atoms with Gasteiger partial charge in [0.05, 0.1) is 34.9 Å². The van der Waals surface area contributed by atoms with E-state index in [0.717, 1.165) is 61.3 Å². The van der Waals surface area contributed by atoms with Crippen LogP contribution in [0.3, 0.4) is 0 Å². The van der Waals surface area contributed by atoms with E-state index in [0.29, 0.717) is 29.2 Å². The van der Waals surface area contributed by atoms with E-state index in [-0.39, 0.29) is 24.4 Å². The first-order valence-electron chi connectivity index (χ1n) is 16.6. The normalized spacial score (nSPS) is 14.0. The number of carbonyl (C=O) groups excluding carboxylic acids is 1. The van der Waals surface area contributed by atoms with Crippen LogP contribution in [0.2, 0.25) is 0 Å². The van der Waals surface area contributed by atoms with Crippen molar-refractivity contribution in [2.75, 3.05) is 13.1 Å². The molecule has 0 bridgehead atoms. The second-order valence-corrected chi connectivity index (χ2v) is 13.4. The Hall–Kier alpha value is -4.99. The smallest absolute Gasteiger partial charge is 0.334 e. The van der Waals surface area contributed by atoms with E-state index in [9.17, 15) is 14.7 Å². The highest BCUT2D eigenvalue weighted by Gasteiger charge is 2.22. The third kappa shape index (κ3) is 5.88. The van der Waals surface area contributed by atoms with Crippen molar-refractivity contribution < 1.29 is 19.2 Å². The lowest BCUT2D eigenvalue weighted by atomic mass is 10.1. The van der Waals surface area contributed by atoms with E-state index in [1.54, 1.807) is 0 Å². The van der Waals surface area contributed by atoms with E-state index in [2.05, 4.69) is 68.1 Å². The van der Waals surface area contributed by atoms with Gasteiger partial charge in [-0.15, -0.1) is 0 Å². The summed E-state index contributed by atoms with van der Waals surface area (Å²) in [6.07, 6.45) is 2.78. The van der Waals surface area contributed by atoms with E-state index in [4.69, 9.17) is 14.7 Å². The number of hydrogen-bond acceptors (Lipinski definition) is 5. The number of fused-ring (bicyclic) bond motifs is 5. The van der Waals surface area contributed by atoms with Crippen LogP contribution in [-0.2, 0) is 29.0 Å². The molecule has 3 aromatic carbocycles. The van der Waals surface area contributed by atoms with Crippen LogP contribution >= 0.6 is 0 Å². The summed E-state index contributed by atoms with van der Waals surface area (Å²) in [6.45, 7) is 10.8. The van der Waals surface area contributed by atoms with E-state index in [1.165, 1.54) is 21.8 Å². The van der Waals surface area contributed by atoms with Gasteiger partial charge in [0.1, 0.15) is 30.2 Å². The van der Waals surface area contributed by atoms with Crippen molar-refractivity contribution in [2.24, 2.45) is 0 Å². The van der Waals surface area contributed by atoms with Crippen molar-refractivity contribution >= 4 is 55.7 Å². The van der Waals surface area contributed by atoms with Crippen molar-refractivity contribution in [2.45, 2.75) is 78.5 Å². The lowest BCUT2D eigenvalue weighted by Crippen LogP contribution is -2.25. The molecule has 0 aliphatic carbocycles. The van der Waals surface area contributed by atoms with Crippen molar-refractivity contribution in [3.05, 3.63) is 70.6 Å². The molecule has 1 aliphatic heterocycles. The Labute approximate surface area is 272 Å². The summed E-state index contributed by atoms with van der Waals surface area (Å²) in [7, 11) is 0. The Kier molecular flexibility index (Phi) is 7.82. The third-order valence-corrected chi connectivity index (χ3v) is 8.97. The lowest BCUT2D eigenvalue weighted by Gasteiger charge is -2.19. The summed E-state index contributed by atoms with van der Waals surface area (Å²) in [5.74, 6) is 0.946. The number of aliphatic hydroxyl groups is 1. The molecule has 1 aliphatic rings. The average Bonchev–Trinajstić information content (AvgIpc) is 3.70. The van der Waals surface area contributed by atoms with Crippen LogP contribution < -0.4 is 5.56 Å². The summed E-state index contributed by atoms with van der Waals surface area (Å²) in [6, 6.07) is 18.9. The van der Waals surface area contributed by atoms with Crippen molar-refractivity contribution in [3.8, 4) is 11.4 Å². The standard InChI is InChI=1S/C37H40N6O4/c1-5-42-30-11-7-6-10-24(30)25-20-23(13-15-31(25)42)35-39-29-21-27-28(22-32(29)43(35)19-9-18-41-17-8-12-33(41)44)38-26(36(46)40-27)14-16-34(45)47-37(2,3)4/h6-7,10-11,13,15,20-22H,5,8-9,12,14,16-19H2,1-4H3,(H,40,46)/p+1. The molecule has 242 valence electrons. The minimum Gasteiger partial charge on any atom is -0.464 e. The molecular formula is C37H41N6O4+. The predicted octanol–water partition coefficient (Wildman–Crippen LogP) is 6.49.